The molecule has 3 aliphatic rings. The fourth-order valence-corrected chi connectivity index (χ4v) is 6.38. The Morgan fingerprint density at radius 3 is 2.40 bits per heavy atom. The Labute approximate surface area is 236 Å². The minimum atomic E-state index is -5.66. The predicted molar refractivity (Wildman–Crippen MR) is 132 cm³/mol. The number of carbonyl (C=O) groups is 2. The number of carbonyl (C=O) groups excluding carboxylic acids is 2. The number of Topliss-reactive ketones (excluding diaryl/α,β-unsaturated/α-hetero) is 1. The molecule has 42 heavy (non-hydrogen) atoms. The molecule has 0 radical (unpaired) electrons. The molecule has 2 saturated heterocycles. The lowest BCUT2D eigenvalue weighted by atomic mass is 9.87. The monoisotopic (exact) mass is 645 g/mol. The summed E-state index contributed by atoms with van der Waals surface area (Å²) >= 11 is 0. The van der Waals surface area contributed by atoms with Crippen LogP contribution in [0.5, 0.6) is 0 Å². The Balaban J connectivity index is 1.65. The Morgan fingerprint density at radius 2 is 1.79 bits per heavy atom. The minimum Gasteiger partial charge on any atom is -0.394 e. The Morgan fingerprint density at radius 1 is 1.12 bits per heavy atom. The largest absolute Gasteiger partial charge is 0.483 e. The number of nitrogens with one attached hydrogen (secondary N) is 1. The number of phosphoric ester groups is 2. The van der Waals surface area contributed by atoms with Gasteiger partial charge in [-0.05, 0) is 5.53 Å². The molecule has 0 aromatic heterocycles. The van der Waals surface area contributed by atoms with Gasteiger partial charge in [-0.2, -0.15) is 4.31 Å². The molecule has 3 rings (SSSR count). The van der Waals surface area contributed by atoms with E-state index < -0.39 is 109 Å². The van der Waals surface area contributed by atoms with Crippen LogP contribution >= 0.6 is 15.6 Å². The maximum Gasteiger partial charge on any atom is 0.483 e. The number of ether oxygens (including phenoxy) is 2. The van der Waals surface area contributed by atoms with Crippen LogP contribution in [0.1, 0.15) is 6.42 Å². The highest BCUT2D eigenvalue weighted by molar-refractivity contribution is 7.61. The van der Waals surface area contributed by atoms with Crippen LogP contribution in [0.25, 0.3) is 10.4 Å². The summed E-state index contributed by atoms with van der Waals surface area (Å²) < 4.78 is 49.2. The Hall–Kier alpha value is -2.29. The van der Waals surface area contributed by atoms with Crippen molar-refractivity contribution < 1.29 is 76.9 Å². The Bertz CT molecular complexity index is 1210. The van der Waals surface area contributed by atoms with E-state index in [-0.39, 0.29) is 5.82 Å². The van der Waals surface area contributed by atoms with Crippen LogP contribution < -0.4 is 5.32 Å². The van der Waals surface area contributed by atoms with Gasteiger partial charge in [-0.1, -0.05) is 11.7 Å². The van der Waals surface area contributed by atoms with Crippen molar-refractivity contribution in [2.45, 2.75) is 55.6 Å². The van der Waals surface area contributed by atoms with Crippen molar-refractivity contribution >= 4 is 27.3 Å². The molecule has 0 saturated carbocycles. The highest BCUT2D eigenvalue weighted by atomic mass is 31.3. The first-order valence-corrected chi connectivity index (χ1v) is 14.9. The van der Waals surface area contributed by atoms with Gasteiger partial charge >= 0.3 is 15.6 Å². The van der Waals surface area contributed by atoms with Crippen molar-refractivity contribution in [1.29, 1.82) is 0 Å². The first-order valence-electron chi connectivity index (χ1n) is 11.9. The van der Waals surface area contributed by atoms with Crippen molar-refractivity contribution in [3.63, 3.8) is 0 Å². The quantitative estimate of drug-likeness (QED) is 0.0441. The second kappa shape index (κ2) is 14.0. The summed E-state index contributed by atoms with van der Waals surface area (Å²) in [4.78, 5) is 47.2. The zero-order chi connectivity index (χ0) is 31.4. The number of nitrogens with zero attached hydrogens (tertiary/aromatic N) is 4. The van der Waals surface area contributed by atoms with Crippen molar-refractivity contribution in [3.05, 3.63) is 35.1 Å². The zero-order valence-electron chi connectivity index (χ0n) is 21.4. The summed E-state index contributed by atoms with van der Waals surface area (Å²) in [5.41, 5.74) is 8.36. The molecule has 3 aliphatic heterocycles. The van der Waals surface area contributed by atoms with E-state index in [2.05, 4.69) is 30.8 Å². The molecule has 236 valence electrons. The molecule has 0 aromatic carbocycles. The van der Waals surface area contributed by atoms with Crippen molar-refractivity contribution in [2.75, 3.05) is 19.8 Å². The number of phosphoric acid groups is 2. The molecule has 11 unspecified atom stereocenters. The van der Waals surface area contributed by atoms with Gasteiger partial charge in [-0.15, -0.1) is 0 Å². The first-order chi connectivity index (χ1) is 19.6. The number of rotatable bonds is 13. The second-order valence-electron chi connectivity index (χ2n) is 9.13. The SMILES string of the molecule is C=C1NC(=O)C=CN1C1OC(COP(=O)(O)OP(=O)(O)OC2OC(CO)C(O)C(O)C2CC(=O)CN=[N+]=[N-])C(O)C1O. The third-order valence-corrected chi connectivity index (χ3v) is 8.80. The predicted octanol–water partition coefficient (Wildman–Crippen LogP) is -2.57. The van der Waals surface area contributed by atoms with Gasteiger partial charge in [-0.3, -0.25) is 18.6 Å². The summed E-state index contributed by atoms with van der Waals surface area (Å²) in [5, 5.41) is 55.9. The number of ketones is 1. The van der Waals surface area contributed by atoms with Gasteiger partial charge in [0, 0.05) is 29.5 Å². The summed E-state index contributed by atoms with van der Waals surface area (Å²) in [6, 6.07) is 0. The number of amides is 1. The molecule has 11 atom stereocenters. The molecular formula is C19H29N5O16P2. The van der Waals surface area contributed by atoms with Crippen molar-refractivity contribution in [2.24, 2.45) is 11.0 Å². The third-order valence-electron chi connectivity index (χ3n) is 6.20. The molecule has 3 heterocycles. The maximum absolute atomic E-state index is 12.6. The van der Waals surface area contributed by atoms with E-state index in [0.29, 0.717) is 0 Å². The van der Waals surface area contributed by atoms with E-state index in [0.717, 1.165) is 11.0 Å². The van der Waals surface area contributed by atoms with E-state index in [9.17, 15) is 54.0 Å². The van der Waals surface area contributed by atoms with Crippen LogP contribution in [0.15, 0.2) is 29.8 Å². The van der Waals surface area contributed by atoms with Crippen LogP contribution in [-0.2, 0) is 41.6 Å². The van der Waals surface area contributed by atoms with Gasteiger partial charge in [0.25, 0.3) is 5.91 Å². The lowest BCUT2D eigenvalue weighted by Gasteiger charge is -2.41. The molecular weight excluding hydrogens is 616 g/mol. The summed E-state index contributed by atoms with van der Waals surface area (Å²) in [5.74, 6) is -2.94. The highest BCUT2D eigenvalue weighted by Crippen LogP contribution is 2.62. The fraction of sp³-hybridized carbons (Fsp3) is 0.684. The molecule has 2 fully saturated rings. The number of aliphatic hydroxyl groups excluding tert-OH is 5. The molecule has 0 spiro atoms. The average molecular weight is 645 g/mol. The van der Waals surface area contributed by atoms with Crippen molar-refractivity contribution in [3.8, 4) is 0 Å². The number of hydrogen-bond acceptors (Lipinski definition) is 16. The van der Waals surface area contributed by atoms with Crippen LogP contribution in [0.4, 0.5) is 0 Å². The van der Waals surface area contributed by atoms with Gasteiger partial charge in [0.2, 0.25) is 0 Å². The van der Waals surface area contributed by atoms with Gasteiger partial charge in [0.05, 0.1) is 25.9 Å². The van der Waals surface area contributed by atoms with Gasteiger partial charge < -0.3 is 55.0 Å². The zero-order valence-corrected chi connectivity index (χ0v) is 23.2. The summed E-state index contributed by atoms with van der Waals surface area (Å²) in [7, 11) is -11.2. The second-order valence-corrected chi connectivity index (χ2v) is 12.1. The smallest absolute Gasteiger partial charge is 0.394 e. The van der Waals surface area contributed by atoms with Crippen LogP contribution in [0.3, 0.4) is 0 Å². The molecule has 0 aromatic rings. The highest BCUT2D eigenvalue weighted by Gasteiger charge is 2.50. The number of aliphatic hydroxyl groups is 5. The average Bonchev–Trinajstić information content (AvgIpc) is 3.18. The lowest BCUT2D eigenvalue weighted by molar-refractivity contribution is -0.263. The Kier molecular flexibility index (Phi) is 11.4. The van der Waals surface area contributed by atoms with Crippen LogP contribution in [0.2, 0.25) is 0 Å². The summed E-state index contributed by atoms with van der Waals surface area (Å²) in [6.45, 7) is 0.981. The molecule has 23 heteroatoms. The molecule has 8 N–H and O–H groups in total. The van der Waals surface area contributed by atoms with Gasteiger partial charge in [-0.25, -0.2) is 9.13 Å². The van der Waals surface area contributed by atoms with E-state index in [1.807, 2.05) is 0 Å². The maximum atomic E-state index is 12.6. The normalized spacial score (nSPS) is 36.1. The summed E-state index contributed by atoms with van der Waals surface area (Å²) in [6.07, 6.45) is -11.9. The molecule has 21 nitrogen and oxygen atoms in total. The number of hydrogen-bond donors (Lipinski definition) is 8. The van der Waals surface area contributed by atoms with Crippen LogP contribution in [0, 0.1) is 5.92 Å². The molecule has 0 bridgehead atoms. The van der Waals surface area contributed by atoms with Gasteiger partial charge in [0.1, 0.15) is 42.1 Å². The molecule has 1 amide bonds. The van der Waals surface area contributed by atoms with E-state index in [1.54, 1.807) is 0 Å². The van der Waals surface area contributed by atoms with Crippen molar-refractivity contribution in [1.82, 2.24) is 10.2 Å². The third kappa shape index (κ3) is 8.42. The standard InChI is InChI=1S/C19H29N5O16P2/c1-8-22-13(27)2-3-24(8)18-17(31)16(30)12(37-18)7-36-41(32,33)40-42(34,35)39-19-10(4-9(26)5-21-23-20)14(28)15(29)11(6-25)38-19/h2-3,10-12,14-19,25,28-31H,1,4-7H2,(H,22,27)(H,32,33)(H,34,35). The van der Waals surface area contributed by atoms with Crippen LogP contribution in [-0.4, -0.2) is 121 Å². The van der Waals surface area contributed by atoms with E-state index in [1.165, 1.54) is 6.20 Å². The fourth-order valence-electron chi connectivity index (χ4n) is 4.19. The minimum absolute atomic E-state index is 0.0151. The molecule has 0 aliphatic carbocycles. The first kappa shape index (κ1) is 34.2. The van der Waals surface area contributed by atoms with E-state index >= 15 is 0 Å². The topological polar surface area (TPSA) is 320 Å². The van der Waals surface area contributed by atoms with E-state index in [4.69, 9.17) is 19.5 Å². The lowest BCUT2D eigenvalue weighted by Crippen LogP contribution is -2.56. The van der Waals surface area contributed by atoms with Gasteiger partial charge in [0.15, 0.2) is 12.5 Å². The number of azide groups is 1.